The number of hydrogen-bond acceptors (Lipinski definition) is 3. The Morgan fingerprint density at radius 2 is 1.14 bits per heavy atom. The molecule has 1 atom stereocenters. The topological polar surface area (TPSA) is 47.4 Å². The maximum Gasteiger partial charge on any atom is 0.205 e. The first-order valence-corrected chi connectivity index (χ1v) is 16.6. The molecular weight excluding hydrogens is 601 g/mol. The van der Waals surface area contributed by atoms with Crippen LogP contribution in [0.5, 0.6) is 0 Å². The number of furan rings is 1. The number of rotatable bonds is 5. The summed E-state index contributed by atoms with van der Waals surface area (Å²) in [6, 6.07) is 57.1. The van der Waals surface area contributed by atoms with Crippen LogP contribution in [0.2, 0.25) is 0 Å². The van der Waals surface area contributed by atoms with Crippen molar-refractivity contribution in [1.29, 1.82) is 0 Å². The number of aliphatic imine (C=N–C) groups is 1. The minimum atomic E-state index is -0.404. The average Bonchev–Trinajstić information content (AvgIpc) is 3.88. The molecule has 1 unspecified atom stereocenters. The van der Waals surface area contributed by atoms with Gasteiger partial charge in [0.25, 0.3) is 0 Å². The van der Waals surface area contributed by atoms with Crippen molar-refractivity contribution in [3.8, 4) is 17.2 Å². The molecule has 1 aliphatic heterocycles. The smallest absolute Gasteiger partial charge is 0.205 e. The van der Waals surface area contributed by atoms with Crippen LogP contribution in [0.15, 0.2) is 179 Å². The number of hydrogen-bond donors (Lipinski definition) is 1. The summed E-state index contributed by atoms with van der Waals surface area (Å²) in [4.78, 5) is 5.43. The molecule has 0 amide bonds. The molecule has 232 valence electrons. The van der Waals surface area contributed by atoms with Crippen LogP contribution in [-0.2, 0) is 0 Å². The zero-order chi connectivity index (χ0) is 32.3. The van der Waals surface area contributed by atoms with E-state index < -0.39 is 6.29 Å². The highest BCUT2D eigenvalue weighted by molar-refractivity contribution is 6.25. The third kappa shape index (κ3) is 4.36. The van der Waals surface area contributed by atoms with Gasteiger partial charge >= 0.3 is 0 Å². The first-order valence-electron chi connectivity index (χ1n) is 16.6. The normalized spacial score (nSPS) is 14.7. The first kappa shape index (κ1) is 27.5. The molecule has 5 heteroatoms. The van der Waals surface area contributed by atoms with E-state index in [0.717, 1.165) is 72.6 Å². The van der Waals surface area contributed by atoms with Crippen LogP contribution in [0, 0.1) is 0 Å². The van der Waals surface area contributed by atoms with Crippen LogP contribution >= 0.6 is 0 Å². The zero-order valence-corrected chi connectivity index (χ0v) is 26.5. The highest BCUT2D eigenvalue weighted by atomic mass is 16.4. The predicted octanol–water partition coefficient (Wildman–Crippen LogP) is 10.7. The Bertz CT molecular complexity index is 2730. The first-order chi connectivity index (χ1) is 24.3. The molecule has 3 aromatic heterocycles. The minimum Gasteiger partial charge on any atom is -0.440 e. The fraction of sp³-hybridized carbons (Fsp3) is 0.0227. The van der Waals surface area contributed by atoms with Crippen LogP contribution in [0.3, 0.4) is 0 Å². The van der Waals surface area contributed by atoms with Gasteiger partial charge in [-0.05, 0) is 41.5 Å². The van der Waals surface area contributed by atoms with Crippen molar-refractivity contribution in [2.24, 2.45) is 4.99 Å². The predicted molar refractivity (Wildman–Crippen MR) is 201 cm³/mol. The quantitative estimate of drug-likeness (QED) is 0.206. The molecule has 9 aromatic rings. The Hall–Kier alpha value is -6.59. The Morgan fingerprint density at radius 3 is 1.90 bits per heavy atom. The van der Waals surface area contributed by atoms with Gasteiger partial charge < -0.3 is 14.3 Å². The van der Waals surface area contributed by atoms with Crippen LogP contribution in [-0.4, -0.2) is 14.8 Å². The average molecular weight is 631 g/mol. The number of nitrogens with zero attached hydrogens (tertiary/aromatic N) is 3. The van der Waals surface area contributed by atoms with Gasteiger partial charge in [-0.2, -0.15) is 0 Å². The zero-order valence-electron chi connectivity index (χ0n) is 26.5. The van der Waals surface area contributed by atoms with Crippen molar-refractivity contribution in [2.45, 2.75) is 6.29 Å². The van der Waals surface area contributed by atoms with Gasteiger partial charge in [-0.3, -0.25) is 4.57 Å². The molecular formula is C44H30N4O. The van der Waals surface area contributed by atoms with Crippen molar-refractivity contribution < 1.29 is 4.42 Å². The molecule has 10 rings (SSSR count). The molecule has 49 heavy (non-hydrogen) atoms. The van der Waals surface area contributed by atoms with Crippen molar-refractivity contribution in [3.05, 3.63) is 181 Å². The molecule has 1 aliphatic rings. The van der Waals surface area contributed by atoms with E-state index in [4.69, 9.17) is 9.41 Å². The lowest BCUT2D eigenvalue weighted by Gasteiger charge is -2.27. The summed E-state index contributed by atoms with van der Waals surface area (Å²) >= 11 is 0. The summed E-state index contributed by atoms with van der Waals surface area (Å²) in [5.41, 5.74) is 9.63. The Morgan fingerprint density at radius 1 is 0.510 bits per heavy atom. The van der Waals surface area contributed by atoms with Crippen molar-refractivity contribution in [3.63, 3.8) is 0 Å². The summed E-state index contributed by atoms with van der Waals surface area (Å²) in [6.45, 7) is 0. The van der Waals surface area contributed by atoms with Gasteiger partial charge in [0, 0.05) is 38.9 Å². The fourth-order valence-electron chi connectivity index (χ4n) is 7.43. The van der Waals surface area contributed by atoms with Gasteiger partial charge in [-0.1, -0.05) is 133 Å². The lowest BCUT2D eigenvalue weighted by molar-refractivity contribution is 0.509. The molecule has 4 heterocycles. The molecule has 0 aliphatic carbocycles. The van der Waals surface area contributed by atoms with Crippen molar-refractivity contribution >= 4 is 55.0 Å². The molecule has 0 fully saturated rings. The summed E-state index contributed by atoms with van der Waals surface area (Å²) < 4.78 is 11.2. The molecule has 0 saturated heterocycles. The highest BCUT2D eigenvalue weighted by Gasteiger charge is 2.26. The van der Waals surface area contributed by atoms with E-state index >= 15 is 0 Å². The van der Waals surface area contributed by atoms with E-state index in [0.29, 0.717) is 0 Å². The van der Waals surface area contributed by atoms with Gasteiger partial charge in [0.2, 0.25) is 12.2 Å². The van der Waals surface area contributed by atoms with E-state index in [1.807, 2.05) is 24.3 Å². The Balaban J connectivity index is 1.26. The van der Waals surface area contributed by atoms with Gasteiger partial charge in [0.05, 0.1) is 27.8 Å². The standard InChI is InChI=1S/C44H30N4O/c1-4-14-29(15-5-1)35-28-36(30-16-6-2-7-17-30)46-44(45-35)48-37-22-12-10-20-32(37)33-24-25-39-42(43(33)48)34-21-11-13-23-38(34)47(39)41-27-26-40(49-41)31-18-8-3-9-19-31/h1-28,44-45H. The van der Waals surface area contributed by atoms with Crippen LogP contribution in [0.25, 0.3) is 66.5 Å². The number of allylic oxidation sites excluding steroid dienone is 1. The van der Waals surface area contributed by atoms with Crippen LogP contribution in [0.1, 0.15) is 17.4 Å². The number of nitrogens with one attached hydrogen (secondary N) is 1. The number of aromatic nitrogens is 2. The second-order valence-corrected chi connectivity index (χ2v) is 12.4. The van der Waals surface area contributed by atoms with Crippen LogP contribution in [0.4, 0.5) is 0 Å². The molecule has 0 radical (unpaired) electrons. The molecule has 0 saturated carbocycles. The van der Waals surface area contributed by atoms with E-state index in [2.05, 4.69) is 160 Å². The molecule has 5 nitrogen and oxygen atoms in total. The number of para-hydroxylation sites is 2. The summed E-state index contributed by atoms with van der Waals surface area (Å²) in [6.07, 6.45) is 1.76. The second kappa shape index (κ2) is 11.0. The largest absolute Gasteiger partial charge is 0.440 e. The maximum absolute atomic E-state index is 6.59. The van der Waals surface area contributed by atoms with Gasteiger partial charge in [-0.15, -0.1) is 0 Å². The third-order valence-electron chi connectivity index (χ3n) is 9.60. The lowest BCUT2D eigenvalue weighted by atomic mass is 10.0. The Kier molecular flexibility index (Phi) is 6.18. The van der Waals surface area contributed by atoms with E-state index in [1.54, 1.807) is 0 Å². The second-order valence-electron chi connectivity index (χ2n) is 12.4. The third-order valence-corrected chi connectivity index (χ3v) is 9.60. The Labute approximate surface area is 282 Å². The summed E-state index contributed by atoms with van der Waals surface area (Å²) in [5.74, 6) is 1.62. The SMILES string of the molecule is C1=C(c2ccccc2)NC(n2c3ccccc3c3ccc4c(c5ccccc5n4-c4ccc(-c5ccccc5)o4)c32)N=C1c1ccccc1. The van der Waals surface area contributed by atoms with Gasteiger partial charge in [0.1, 0.15) is 5.76 Å². The molecule has 0 bridgehead atoms. The summed E-state index contributed by atoms with van der Waals surface area (Å²) in [7, 11) is 0. The maximum atomic E-state index is 6.59. The van der Waals surface area contributed by atoms with Crippen molar-refractivity contribution in [1.82, 2.24) is 14.5 Å². The van der Waals surface area contributed by atoms with Crippen LogP contribution < -0.4 is 5.32 Å². The van der Waals surface area contributed by atoms with E-state index in [9.17, 15) is 0 Å². The monoisotopic (exact) mass is 630 g/mol. The minimum absolute atomic E-state index is 0.404. The van der Waals surface area contributed by atoms with Gasteiger partial charge in [-0.25, -0.2) is 4.99 Å². The highest BCUT2D eigenvalue weighted by Crippen LogP contribution is 2.43. The van der Waals surface area contributed by atoms with E-state index in [-0.39, 0.29) is 0 Å². The van der Waals surface area contributed by atoms with Crippen molar-refractivity contribution in [2.75, 3.05) is 0 Å². The number of benzene rings is 6. The van der Waals surface area contributed by atoms with Gasteiger partial charge in [0.15, 0.2) is 0 Å². The molecule has 6 aromatic carbocycles. The molecule has 1 N–H and O–H groups in total. The lowest BCUT2D eigenvalue weighted by Crippen LogP contribution is -2.29. The van der Waals surface area contributed by atoms with E-state index in [1.165, 1.54) is 10.8 Å². The number of fused-ring (bicyclic) bond motifs is 7. The molecule has 0 spiro atoms. The fourth-order valence-corrected chi connectivity index (χ4v) is 7.43. The summed E-state index contributed by atoms with van der Waals surface area (Å²) in [5, 5.41) is 8.54.